The average molecular weight is 288 g/mol. The first-order valence-electron chi connectivity index (χ1n) is 7.08. The van der Waals surface area contributed by atoms with E-state index in [4.69, 9.17) is 17.2 Å². The highest BCUT2D eigenvalue weighted by Gasteiger charge is 2.12. The third-order valence-electron chi connectivity index (χ3n) is 3.96. The first-order chi connectivity index (χ1) is 10.6. The fourth-order valence-electron chi connectivity index (χ4n) is 2.96. The molecule has 0 saturated carbocycles. The number of aromatic nitrogens is 1. The third-order valence-corrected chi connectivity index (χ3v) is 3.96. The Morgan fingerprint density at radius 3 is 1.50 bits per heavy atom. The zero-order chi connectivity index (χ0) is 15.3. The van der Waals surface area contributed by atoms with Gasteiger partial charge in [-0.25, -0.2) is 0 Å². The molecule has 4 nitrogen and oxygen atoms in total. The van der Waals surface area contributed by atoms with E-state index in [-0.39, 0.29) is 0 Å². The Balaban J connectivity index is 2.17. The van der Waals surface area contributed by atoms with E-state index in [0.717, 1.165) is 44.6 Å². The molecule has 0 radical (unpaired) electrons. The fourth-order valence-corrected chi connectivity index (χ4v) is 2.96. The minimum atomic E-state index is 0.742. The molecule has 0 aliphatic heterocycles. The molecule has 0 saturated heterocycles. The van der Waals surface area contributed by atoms with Crippen LogP contribution in [0.5, 0.6) is 0 Å². The maximum Gasteiger partial charge on any atom is 0.0542 e. The lowest BCUT2D eigenvalue weighted by Gasteiger charge is -2.08. The zero-order valence-corrected chi connectivity index (χ0v) is 12.0. The van der Waals surface area contributed by atoms with Gasteiger partial charge in [0.2, 0.25) is 0 Å². The van der Waals surface area contributed by atoms with Gasteiger partial charge >= 0.3 is 0 Å². The molecule has 0 unspecified atom stereocenters. The summed E-state index contributed by atoms with van der Waals surface area (Å²) < 4.78 is 2.20. The molecule has 1 aromatic heterocycles. The highest BCUT2D eigenvalue weighted by atomic mass is 15.0. The summed E-state index contributed by atoms with van der Waals surface area (Å²) >= 11 is 0. The Bertz CT molecular complexity index is 938. The third kappa shape index (κ3) is 1.78. The second kappa shape index (κ2) is 4.43. The summed E-state index contributed by atoms with van der Waals surface area (Å²) in [6.07, 6.45) is 0. The van der Waals surface area contributed by atoms with Crippen LogP contribution in [-0.2, 0) is 0 Å². The zero-order valence-electron chi connectivity index (χ0n) is 12.0. The molecule has 4 aromatic rings. The predicted molar refractivity (Wildman–Crippen MR) is 94.0 cm³/mol. The van der Waals surface area contributed by atoms with E-state index >= 15 is 0 Å². The van der Waals surface area contributed by atoms with Gasteiger partial charge in [-0.2, -0.15) is 0 Å². The lowest BCUT2D eigenvalue weighted by Crippen LogP contribution is -1.95. The number of fused-ring (bicyclic) bond motifs is 3. The van der Waals surface area contributed by atoms with Gasteiger partial charge in [0, 0.05) is 33.5 Å². The molecule has 0 atom stereocenters. The van der Waals surface area contributed by atoms with Crippen LogP contribution in [0.2, 0.25) is 0 Å². The summed E-state index contributed by atoms with van der Waals surface area (Å²) in [6.45, 7) is 0. The fraction of sp³-hybridized carbons (Fsp3) is 0. The molecule has 1 heterocycles. The van der Waals surface area contributed by atoms with E-state index in [9.17, 15) is 0 Å². The van der Waals surface area contributed by atoms with Crippen LogP contribution < -0.4 is 17.2 Å². The molecule has 22 heavy (non-hydrogen) atoms. The Kier molecular flexibility index (Phi) is 2.53. The van der Waals surface area contributed by atoms with Gasteiger partial charge in [-0.15, -0.1) is 0 Å². The monoisotopic (exact) mass is 288 g/mol. The molecule has 0 spiro atoms. The van der Waals surface area contributed by atoms with Crippen LogP contribution in [0.25, 0.3) is 27.5 Å². The predicted octanol–water partition coefficient (Wildman–Crippen LogP) is 3.53. The minimum Gasteiger partial charge on any atom is -0.399 e. The maximum atomic E-state index is 5.96. The van der Waals surface area contributed by atoms with Crippen molar-refractivity contribution in [3.63, 3.8) is 0 Å². The van der Waals surface area contributed by atoms with Crippen LogP contribution in [0.15, 0.2) is 60.7 Å². The number of hydrogen-bond acceptors (Lipinski definition) is 3. The number of nitrogens with zero attached hydrogens (tertiary/aromatic N) is 1. The van der Waals surface area contributed by atoms with Crippen molar-refractivity contribution in [3.05, 3.63) is 60.7 Å². The molecule has 0 bridgehead atoms. The summed E-state index contributed by atoms with van der Waals surface area (Å²) in [5, 5.41) is 2.19. The van der Waals surface area contributed by atoms with Gasteiger partial charge in [-0.05, 0) is 60.7 Å². The number of benzene rings is 3. The minimum absolute atomic E-state index is 0.742. The highest BCUT2D eigenvalue weighted by molar-refractivity contribution is 6.11. The Morgan fingerprint density at radius 1 is 0.545 bits per heavy atom. The SMILES string of the molecule is Nc1ccc(-n2c3ccc(N)cc3c3cc(N)ccc32)cc1. The number of rotatable bonds is 1. The summed E-state index contributed by atoms with van der Waals surface area (Å²) in [6, 6.07) is 19.7. The van der Waals surface area contributed by atoms with Crippen molar-refractivity contribution in [2.75, 3.05) is 17.2 Å². The van der Waals surface area contributed by atoms with Gasteiger partial charge in [0.05, 0.1) is 11.0 Å². The standard InChI is InChI=1S/C18H16N4/c19-11-1-5-14(6-2-11)22-17-7-3-12(20)9-15(17)16-10-13(21)4-8-18(16)22/h1-10H,19-21H2. The van der Waals surface area contributed by atoms with Crippen molar-refractivity contribution in [2.45, 2.75) is 0 Å². The number of nitrogens with two attached hydrogens (primary N) is 3. The van der Waals surface area contributed by atoms with E-state index in [1.807, 2.05) is 60.7 Å². The van der Waals surface area contributed by atoms with E-state index < -0.39 is 0 Å². The smallest absolute Gasteiger partial charge is 0.0542 e. The van der Waals surface area contributed by atoms with E-state index in [2.05, 4.69) is 4.57 Å². The normalized spacial score (nSPS) is 11.3. The van der Waals surface area contributed by atoms with Crippen molar-refractivity contribution < 1.29 is 0 Å². The second-order valence-electron chi connectivity index (χ2n) is 5.48. The lowest BCUT2D eigenvalue weighted by atomic mass is 10.1. The van der Waals surface area contributed by atoms with Gasteiger partial charge in [0.1, 0.15) is 0 Å². The van der Waals surface area contributed by atoms with Crippen LogP contribution in [0.4, 0.5) is 17.1 Å². The topological polar surface area (TPSA) is 83.0 Å². The van der Waals surface area contributed by atoms with E-state index in [1.54, 1.807) is 0 Å². The molecule has 0 amide bonds. The van der Waals surface area contributed by atoms with E-state index in [1.165, 1.54) is 0 Å². The summed E-state index contributed by atoms with van der Waals surface area (Å²) in [7, 11) is 0. The molecular formula is C18H16N4. The van der Waals surface area contributed by atoms with Gasteiger partial charge in [-0.1, -0.05) is 0 Å². The average Bonchev–Trinajstić information content (AvgIpc) is 2.81. The Morgan fingerprint density at radius 2 is 1.00 bits per heavy atom. The molecular weight excluding hydrogens is 272 g/mol. The van der Waals surface area contributed by atoms with Gasteiger partial charge in [0.15, 0.2) is 0 Å². The van der Waals surface area contributed by atoms with Crippen molar-refractivity contribution in [2.24, 2.45) is 0 Å². The van der Waals surface area contributed by atoms with Crippen LogP contribution in [0, 0.1) is 0 Å². The number of hydrogen-bond donors (Lipinski definition) is 3. The molecule has 0 aliphatic rings. The quantitative estimate of drug-likeness (QED) is 0.468. The van der Waals surface area contributed by atoms with Crippen molar-refractivity contribution >= 4 is 38.9 Å². The molecule has 108 valence electrons. The molecule has 6 N–H and O–H groups in total. The Labute approximate surface area is 127 Å². The highest BCUT2D eigenvalue weighted by Crippen LogP contribution is 2.34. The van der Waals surface area contributed by atoms with Gasteiger partial charge < -0.3 is 21.8 Å². The first kappa shape index (κ1) is 12.6. The van der Waals surface area contributed by atoms with Crippen LogP contribution in [-0.4, -0.2) is 4.57 Å². The summed E-state index contributed by atoms with van der Waals surface area (Å²) in [5.41, 5.74) is 23.2. The molecule has 0 fully saturated rings. The van der Waals surface area contributed by atoms with Crippen molar-refractivity contribution in [1.29, 1.82) is 0 Å². The van der Waals surface area contributed by atoms with E-state index in [0.29, 0.717) is 0 Å². The number of anilines is 3. The summed E-state index contributed by atoms with van der Waals surface area (Å²) in [4.78, 5) is 0. The van der Waals surface area contributed by atoms with Crippen LogP contribution in [0.1, 0.15) is 0 Å². The number of nitrogen functional groups attached to an aromatic ring is 3. The van der Waals surface area contributed by atoms with Crippen molar-refractivity contribution in [1.82, 2.24) is 4.57 Å². The molecule has 4 heteroatoms. The van der Waals surface area contributed by atoms with Gasteiger partial charge in [-0.3, -0.25) is 0 Å². The second-order valence-corrected chi connectivity index (χ2v) is 5.48. The van der Waals surface area contributed by atoms with Crippen molar-refractivity contribution in [3.8, 4) is 5.69 Å². The molecule has 3 aromatic carbocycles. The largest absolute Gasteiger partial charge is 0.399 e. The van der Waals surface area contributed by atoms with Crippen LogP contribution in [0.3, 0.4) is 0 Å². The maximum absolute atomic E-state index is 5.96. The van der Waals surface area contributed by atoms with Gasteiger partial charge in [0.25, 0.3) is 0 Å². The summed E-state index contributed by atoms with van der Waals surface area (Å²) in [5.74, 6) is 0. The molecule has 4 rings (SSSR count). The Hall–Kier alpha value is -3.14. The molecule has 0 aliphatic carbocycles. The lowest BCUT2D eigenvalue weighted by molar-refractivity contribution is 1.18. The first-order valence-corrected chi connectivity index (χ1v) is 7.08. The van der Waals surface area contributed by atoms with Crippen LogP contribution >= 0.6 is 0 Å².